The summed E-state index contributed by atoms with van der Waals surface area (Å²) in [6.07, 6.45) is -5.62. The Balaban J connectivity index is 3.48. The maximum absolute atomic E-state index is 12.3. The van der Waals surface area contributed by atoms with Crippen LogP contribution in [0, 0.1) is 16.0 Å². The minimum absolute atomic E-state index is 0.144. The first-order chi connectivity index (χ1) is 14.0. The van der Waals surface area contributed by atoms with E-state index < -0.39 is 72.0 Å². The average Bonchev–Trinajstić information content (AvgIpc) is 2.62. The number of rotatable bonds is 9. The lowest BCUT2D eigenvalue weighted by molar-refractivity contribution is -0.532. The summed E-state index contributed by atoms with van der Waals surface area (Å²) in [6, 6.07) is -2.06. The number of esters is 4. The van der Waals surface area contributed by atoms with Crippen LogP contribution in [0.3, 0.4) is 0 Å². The van der Waals surface area contributed by atoms with E-state index in [1.54, 1.807) is 0 Å². The van der Waals surface area contributed by atoms with E-state index in [9.17, 15) is 29.3 Å². The van der Waals surface area contributed by atoms with E-state index in [-0.39, 0.29) is 6.61 Å². The van der Waals surface area contributed by atoms with Gasteiger partial charge in [-0.05, 0) is 6.92 Å². The summed E-state index contributed by atoms with van der Waals surface area (Å²) < 4.78 is 30.8. The normalized spacial score (nSPS) is 26.8. The highest BCUT2D eigenvalue weighted by Gasteiger charge is 2.59. The van der Waals surface area contributed by atoms with Crippen molar-refractivity contribution in [2.45, 2.75) is 58.3 Å². The predicted molar refractivity (Wildman–Crippen MR) is 94.3 cm³/mol. The van der Waals surface area contributed by atoms with Crippen LogP contribution in [0.25, 0.3) is 0 Å². The summed E-state index contributed by atoms with van der Waals surface area (Å²) in [4.78, 5) is 57.7. The number of carbonyl (C=O) groups is 4. The Morgan fingerprint density at radius 3 is 2.00 bits per heavy atom. The van der Waals surface area contributed by atoms with E-state index in [2.05, 4.69) is 0 Å². The molecule has 1 saturated heterocycles. The molecule has 1 heterocycles. The summed E-state index contributed by atoms with van der Waals surface area (Å²) in [7, 11) is 1.15. The van der Waals surface area contributed by atoms with Crippen molar-refractivity contribution in [3.05, 3.63) is 10.1 Å². The van der Waals surface area contributed by atoms with Crippen molar-refractivity contribution in [1.29, 1.82) is 0 Å². The smallest absolute Gasteiger partial charge is 0.382 e. The lowest BCUT2D eigenvalue weighted by Crippen LogP contribution is -2.64. The van der Waals surface area contributed by atoms with Crippen LogP contribution in [0.2, 0.25) is 0 Å². The molecular weight excluding hydrogens is 410 g/mol. The molecule has 0 radical (unpaired) electrons. The van der Waals surface area contributed by atoms with Gasteiger partial charge in [0.05, 0.1) is 6.61 Å². The second kappa shape index (κ2) is 11.4. The van der Waals surface area contributed by atoms with E-state index >= 15 is 0 Å². The van der Waals surface area contributed by atoms with Gasteiger partial charge in [0.25, 0.3) is 0 Å². The molecule has 170 valence electrons. The average molecular weight is 435 g/mol. The van der Waals surface area contributed by atoms with Crippen molar-refractivity contribution in [2.24, 2.45) is 5.92 Å². The van der Waals surface area contributed by atoms with Crippen LogP contribution in [0.5, 0.6) is 0 Å². The van der Waals surface area contributed by atoms with Crippen LogP contribution in [0.15, 0.2) is 0 Å². The fourth-order valence-corrected chi connectivity index (χ4v) is 3.08. The van der Waals surface area contributed by atoms with Gasteiger partial charge in [0.2, 0.25) is 0 Å². The van der Waals surface area contributed by atoms with Gasteiger partial charge in [0.1, 0.15) is 18.6 Å². The molecule has 13 heteroatoms. The van der Waals surface area contributed by atoms with E-state index in [0.29, 0.717) is 0 Å². The Labute approximate surface area is 172 Å². The molecule has 0 spiro atoms. The van der Waals surface area contributed by atoms with Crippen molar-refractivity contribution < 1.29 is 52.5 Å². The van der Waals surface area contributed by atoms with E-state index in [0.717, 1.165) is 27.9 Å². The first-order valence-electron chi connectivity index (χ1n) is 8.99. The highest BCUT2D eigenvalue weighted by molar-refractivity contribution is 5.75. The van der Waals surface area contributed by atoms with Crippen LogP contribution in [-0.4, -0.2) is 79.8 Å². The zero-order valence-electron chi connectivity index (χ0n) is 17.2. The number of nitrogens with zero attached hydrogens (tertiary/aromatic N) is 1. The standard InChI is InChI=1S/C17H25NO12/c1-6-26-16(22)13(18(23)24)12-15(29-10(4)21)14(28-9(3)20)11(7-27-8(2)19)30-17(12)25-5/h11-15,17H,6-7H2,1-5H3/t11-,12-,13?,14-,15-,17-/m1/s1. The summed E-state index contributed by atoms with van der Waals surface area (Å²) in [5.41, 5.74) is 0. The van der Waals surface area contributed by atoms with Crippen LogP contribution in [0.4, 0.5) is 0 Å². The third kappa shape index (κ3) is 6.62. The highest BCUT2D eigenvalue weighted by atomic mass is 16.7. The second-order valence-electron chi connectivity index (χ2n) is 6.29. The van der Waals surface area contributed by atoms with Crippen molar-refractivity contribution in [1.82, 2.24) is 0 Å². The van der Waals surface area contributed by atoms with Gasteiger partial charge in [0, 0.05) is 32.8 Å². The quantitative estimate of drug-likeness (QED) is 0.199. The number of hydrogen-bond donors (Lipinski definition) is 0. The number of hydrogen-bond acceptors (Lipinski definition) is 12. The third-order valence-corrected chi connectivity index (χ3v) is 4.10. The van der Waals surface area contributed by atoms with Crippen LogP contribution in [0.1, 0.15) is 27.7 Å². The van der Waals surface area contributed by atoms with Crippen molar-refractivity contribution in [3.63, 3.8) is 0 Å². The molecular formula is C17H25NO12. The molecule has 1 aliphatic heterocycles. The minimum atomic E-state index is -2.06. The Kier molecular flexibility index (Phi) is 9.59. The number of nitro groups is 1. The fraction of sp³-hybridized carbons (Fsp3) is 0.765. The SMILES string of the molecule is CCOC(=O)C([C@H]1[C@H](OC)O[C@H](COC(C)=O)[C@@H](OC(C)=O)[C@@H]1OC(C)=O)[N+](=O)[O-]. The van der Waals surface area contributed by atoms with Crippen molar-refractivity contribution in [2.75, 3.05) is 20.3 Å². The van der Waals surface area contributed by atoms with Gasteiger partial charge in [0.15, 0.2) is 18.5 Å². The van der Waals surface area contributed by atoms with Gasteiger partial charge in [-0.25, -0.2) is 4.79 Å². The Morgan fingerprint density at radius 2 is 1.57 bits per heavy atom. The lowest BCUT2D eigenvalue weighted by Gasteiger charge is -2.44. The summed E-state index contributed by atoms with van der Waals surface area (Å²) in [5.74, 6) is -5.11. The van der Waals surface area contributed by atoms with E-state index in [4.69, 9.17) is 28.4 Å². The molecule has 1 aliphatic rings. The van der Waals surface area contributed by atoms with Crippen LogP contribution < -0.4 is 0 Å². The molecule has 1 fully saturated rings. The lowest BCUT2D eigenvalue weighted by atomic mass is 9.85. The minimum Gasteiger partial charge on any atom is -0.463 e. The molecule has 0 aromatic carbocycles. The van der Waals surface area contributed by atoms with Gasteiger partial charge in [-0.1, -0.05) is 0 Å². The van der Waals surface area contributed by atoms with E-state index in [1.807, 2.05) is 0 Å². The second-order valence-corrected chi connectivity index (χ2v) is 6.29. The summed E-state index contributed by atoms with van der Waals surface area (Å²) in [5, 5.41) is 11.7. The molecule has 0 saturated carbocycles. The van der Waals surface area contributed by atoms with Crippen molar-refractivity contribution in [3.8, 4) is 0 Å². The molecule has 1 rings (SSSR count). The largest absolute Gasteiger partial charge is 0.463 e. The molecule has 1 unspecified atom stereocenters. The number of ether oxygens (including phenoxy) is 6. The maximum Gasteiger partial charge on any atom is 0.382 e. The maximum atomic E-state index is 12.3. The molecule has 0 aromatic rings. The number of carbonyl (C=O) groups excluding carboxylic acids is 4. The molecule has 13 nitrogen and oxygen atoms in total. The summed E-state index contributed by atoms with van der Waals surface area (Å²) in [6.45, 7) is 4.11. The predicted octanol–water partition coefficient (Wildman–Crippen LogP) is -0.391. The Hall–Kier alpha value is -2.80. The topological polar surface area (TPSA) is 167 Å². The van der Waals surface area contributed by atoms with Gasteiger partial charge < -0.3 is 28.4 Å². The fourth-order valence-electron chi connectivity index (χ4n) is 3.08. The molecule has 0 aliphatic carbocycles. The zero-order valence-corrected chi connectivity index (χ0v) is 17.2. The third-order valence-electron chi connectivity index (χ3n) is 4.10. The molecule has 6 atom stereocenters. The molecule has 0 N–H and O–H groups in total. The molecule has 0 amide bonds. The van der Waals surface area contributed by atoms with Gasteiger partial charge in [-0.15, -0.1) is 0 Å². The first-order valence-corrected chi connectivity index (χ1v) is 8.99. The van der Waals surface area contributed by atoms with Crippen LogP contribution in [-0.2, 0) is 47.6 Å². The molecule has 0 bridgehead atoms. The Bertz CT molecular complexity index is 665. The van der Waals surface area contributed by atoms with E-state index in [1.165, 1.54) is 6.92 Å². The first kappa shape index (κ1) is 25.2. The Morgan fingerprint density at radius 1 is 1.00 bits per heavy atom. The van der Waals surface area contributed by atoms with Gasteiger partial charge in [-0.2, -0.15) is 0 Å². The van der Waals surface area contributed by atoms with Gasteiger partial charge >= 0.3 is 29.9 Å². The monoisotopic (exact) mass is 435 g/mol. The van der Waals surface area contributed by atoms with Gasteiger partial charge in [-0.3, -0.25) is 24.5 Å². The summed E-state index contributed by atoms with van der Waals surface area (Å²) >= 11 is 0. The zero-order chi connectivity index (χ0) is 23.0. The molecule has 30 heavy (non-hydrogen) atoms. The van der Waals surface area contributed by atoms with Crippen LogP contribution >= 0.6 is 0 Å². The number of methoxy groups -OCH3 is 1. The van der Waals surface area contributed by atoms with Crippen molar-refractivity contribution >= 4 is 23.9 Å². The highest BCUT2D eigenvalue weighted by Crippen LogP contribution is 2.35. The molecule has 0 aromatic heterocycles.